The lowest BCUT2D eigenvalue weighted by molar-refractivity contribution is 0.0691. The fraction of sp³-hybridized carbons (Fsp3) is 0.167. The molecule has 0 amide bonds. The number of aromatic nitrogens is 2. The van der Waals surface area contributed by atoms with Crippen molar-refractivity contribution in [3.8, 4) is 5.88 Å². The number of aryl methyl sites for hydroxylation is 1. The summed E-state index contributed by atoms with van der Waals surface area (Å²) in [6.07, 6.45) is 0. The lowest BCUT2D eigenvalue weighted by Crippen LogP contribution is -2.03. The van der Waals surface area contributed by atoms with Crippen molar-refractivity contribution in [1.82, 2.24) is 10.2 Å². The summed E-state index contributed by atoms with van der Waals surface area (Å²) < 4.78 is 5.38. The number of nitrogens with zero attached hydrogens (tertiary/aromatic N) is 1. The molecule has 88 valence electrons. The molecule has 0 fully saturated rings. The van der Waals surface area contributed by atoms with Crippen molar-refractivity contribution < 1.29 is 14.6 Å². The lowest BCUT2D eigenvalue weighted by Gasteiger charge is -2.03. The van der Waals surface area contributed by atoms with Crippen molar-refractivity contribution in [2.45, 2.75) is 13.5 Å². The molecule has 2 N–H and O–H groups in total. The molecule has 2 aromatic rings. The van der Waals surface area contributed by atoms with Gasteiger partial charge in [-0.1, -0.05) is 30.3 Å². The molecular formula is C12H12N2O3. The van der Waals surface area contributed by atoms with E-state index in [1.54, 1.807) is 6.92 Å². The molecule has 1 aromatic carbocycles. The Morgan fingerprint density at radius 1 is 1.41 bits per heavy atom. The van der Waals surface area contributed by atoms with E-state index in [0.717, 1.165) is 5.56 Å². The van der Waals surface area contributed by atoms with Crippen LogP contribution in [0.5, 0.6) is 5.88 Å². The van der Waals surface area contributed by atoms with E-state index in [9.17, 15) is 4.79 Å². The largest absolute Gasteiger partial charge is 0.477 e. The number of carboxylic acids is 1. The van der Waals surface area contributed by atoms with E-state index in [2.05, 4.69) is 10.2 Å². The first-order valence-corrected chi connectivity index (χ1v) is 5.13. The molecule has 0 radical (unpaired) electrons. The molecule has 0 aliphatic heterocycles. The second-order valence-corrected chi connectivity index (χ2v) is 3.61. The quantitative estimate of drug-likeness (QED) is 0.845. The summed E-state index contributed by atoms with van der Waals surface area (Å²) in [6.45, 7) is 1.94. The predicted octanol–water partition coefficient (Wildman–Crippen LogP) is 2.00. The molecule has 5 heteroatoms. The van der Waals surface area contributed by atoms with Crippen LogP contribution < -0.4 is 4.74 Å². The minimum absolute atomic E-state index is 0.0842. The molecule has 5 nitrogen and oxygen atoms in total. The van der Waals surface area contributed by atoms with E-state index >= 15 is 0 Å². The Balaban J connectivity index is 2.12. The van der Waals surface area contributed by atoms with Gasteiger partial charge in [-0.15, -0.1) is 5.10 Å². The maximum Gasteiger partial charge on any atom is 0.343 e. The van der Waals surface area contributed by atoms with Crippen LogP contribution in [0.3, 0.4) is 0 Å². The van der Waals surface area contributed by atoms with Crippen molar-refractivity contribution in [3.63, 3.8) is 0 Å². The first kappa shape index (κ1) is 11.2. The smallest absolute Gasteiger partial charge is 0.343 e. The monoisotopic (exact) mass is 232 g/mol. The molecule has 0 aliphatic rings. The first-order valence-electron chi connectivity index (χ1n) is 5.13. The van der Waals surface area contributed by atoms with E-state index in [4.69, 9.17) is 9.84 Å². The zero-order valence-corrected chi connectivity index (χ0v) is 9.30. The molecule has 0 aliphatic carbocycles. The Morgan fingerprint density at radius 3 is 2.76 bits per heavy atom. The number of hydrogen-bond donors (Lipinski definition) is 2. The average molecular weight is 232 g/mol. The van der Waals surface area contributed by atoms with Gasteiger partial charge in [-0.3, -0.25) is 5.10 Å². The summed E-state index contributed by atoms with van der Waals surface area (Å²) in [6, 6.07) is 9.50. The van der Waals surface area contributed by atoms with Crippen molar-refractivity contribution in [2.75, 3.05) is 0 Å². The molecule has 0 saturated carbocycles. The van der Waals surface area contributed by atoms with Gasteiger partial charge in [-0.25, -0.2) is 4.79 Å². The highest BCUT2D eigenvalue weighted by Gasteiger charge is 2.18. The number of benzene rings is 1. The number of aromatic carboxylic acids is 1. The van der Waals surface area contributed by atoms with Crippen LogP contribution in [-0.2, 0) is 6.61 Å². The van der Waals surface area contributed by atoms with Crippen LogP contribution in [-0.4, -0.2) is 21.3 Å². The molecule has 0 atom stereocenters. The van der Waals surface area contributed by atoms with Gasteiger partial charge in [0.05, 0.1) is 5.69 Å². The van der Waals surface area contributed by atoms with Gasteiger partial charge in [0, 0.05) is 0 Å². The number of carbonyl (C=O) groups is 1. The van der Waals surface area contributed by atoms with Crippen molar-refractivity contribution >= 4 is 5.97 Å². The van der Waals surface area contributed by atoms with Gasteiger partial charge in [0.2, 0.25) is 5.88 Å². The third-order valence-electron chi connectivity index (χ3n) is 2.35. The fourth-order valence-electron chi connectivity index (χ4n) is 1.49. The van der Waals surface area contributed by atoms with E-state index in [-0.39, 0.29) is 11.4 Å². The number of carboxylic acid groups (broad SMARTS) is 1. The number of rotatable bonds is 4. The molecule has 1 aromatic heterocycles. The van der Waals surface area contributed by atoms with Gasteiger partial charge in [-0.05, 0) is 12.5 Å². The van der Waals surface area contributed by atoms with Crippen LogP contribution in [0.4, 0.5) is 0 Å². The third-order valence-corrected chi connectivity index (χ3v) is 2.35. The molecule has 0 bridgehead atoms. The van der Waals surface area contributed by atoms with Gasteiger partial charge in [-0.2, -0.15) is 0 Å². The molecule has 1 heterocycles. The fourth-order valence-corrected chi connectivity index (χ4v) is 1.49. The summed E-state index contributed by atoms with van der Waals surface area (Å²) in [7, 11) is 0. The summed E-state index contributed by atoms with van der Waals surface area (Å²) in [4.78, 5) is 11.0. The zero-order valence-electron chi connectivity index (χ0n) is 9.30. The van der Waals surface area contributed by atoms with Gasteiger partial charge in [0.25, 0.3) is 0 Å². The summed E-state index contributed by atoms with van der Waals surface area (Å²) in [5.41, 5.74) is 1.53. The molecule has 17 heavy (non-hydrogen) atoms. The van der Waals surface area contributed by atoms with E-state index in [1.807, 2.05) is 30.3 Å². The van der Waals surface area contributed by atoms with Crippen molar-refractivity contribution in [2.24, 2.45) is 0 Å². The Labute approximate surface area is 98.0 Å². The molecule has 0 spiro atoms. The van der Waals surface area contributed by atoms with E-state index in [0.29, 0.717) is 12.3 Å². The molecule has 2 rings (SSSR count). The van der Waals surface area contributed by atoms with Crippen LogP contribution in [0, 0.1) is 6.92 Å². The SMILES string of the molecule is Cc1[nH]nc(OCc2ccccc2)c1C(=O)O. The number of hydrogen-bond acceptors (Lipinski definition) is 3. The van der Waals surface area contributed by atoms with Gasteiger partial charge < -0.3 is 9.84 Å². The first-order chi connectivity index (χ1) is 8.18. The number of ether oxygens (including phenoxy) is 1. The maximum absolute atomic E-state index is 11.0. The Kier molecular flexibility index (Phi) is 3.09. The van der Waals surface area contributed by atoms with Crippen LogP contribution in [0.25, 0.3) is 0 Å². The highest BCUT2D eigenvalue weighted by atomic mass is 16.5. The third kappa shape index (κ3) is 2.44. The van der Waals surface area contributed by atoms with Gasteiger partial charge in [0.1, 0.15) is 12.2 Å². The number of nitrogens with one attached hydrogen (secondary N) is 1. The zero-order chi connectivity index (χ0) is 12.3. The van der Waals surface area contributed by atoms with Crippen LogP contribution in [0.1, 0.15) is 21.6 Å². The van der Waals surface area contributed by atoms with E-state index in [1.165, 1.54) is 0 Å². The predicted molar refractivity (Wildman–Crippen MR) is 61.1 cm³/mol. The topological polar surface area (TPSA) is 75.2 Å². The Hall–Kier alpha value is -2.30. The standard InChI is InChI=1S/C12H12N2O3/c1-8-10(12(15)16)11(14-13-8)17-7-9-5-3-2-4-6-9/h2-6H,7H2,1H3,(H,13,14)(H,15,16). The summed E-state index contributed by atoms with van der Waals surface area (Å²) in [5.74, 6) is -0.918. The minimum atomic E-state index is -1.04. The minimum Gasteiger partial charge on any atom is -0.477 e. The van der Waals surface area contributed by atoms with Gasteiger partial charge >= 0.3 is 5.97 Å². The van der Waals surface area contributed by atoms with E-state index < -0.39 is 5.97 Å². The van der Waals surface area contributed by atoms with Crippen molar-refractivity contribution in [3.05, 3.63) is 47.2 Å². The molecule has 0 unspecified atom stereocenters. The Morgan fingerprint density at radius 2 is 2.12 bits per heavy atom. The lowest BCUT2D eigenvalue weighted by atomic mass is 10.2. The highest BCUT2D eigenvalue weighted by Crippen LogP contribution is 2.19. The molecular weight excluding hydrogens is 220 g/mol. The van der Waals surface area contributed by atoms with Crippen LogP contribution in [0.15, 0.2) is 30.3 Å². The summed E-state index contributed by atoms with van der Waals surface area (Å²) >= 11 is 0. The normalized spacial score (nSPS) is 10.2. The molecule has 0 saturated heterocycles. The number of aromatic amines is 1. The van der Waals surface area contributed by atoms with Crippen LogP contribution >= 0.6 is 0 Å². The second-order valence-electron chi connectivity index (χ2n) is 3.61. The second kappa shape index (κ2) is 4.69. The van der Waals surface area contributed by atoms with Crippen molar-refractivity contribution in [1.29, 1.82) is 0 Å². The maximum atomic E-state index is 11.0. The average Bonchev–Trinajstić information content (AvgIpc) is 2.69. The number of H-pyrrole nitrogens is 1. The Bertz CT molecular complexity index is 520. The highest BCUT2D eigenvalue weighted by molar-refractivity contribution is 5.91. The summed E-state index contributed by atoms with van der Waals surface area (Å²) in [5, 5.41) is 15.4. The van der Waals surface area contributed by atoms with Crippen LogP contribution in [0.2, 0.25) is 0 Å². The van der Waals surface area contributed by atoms with Gasteiger partial charge in [0.15, 0.2) is 0 Å².